The van der Waals surface area contributed by atoms with Crippen LogP contribution in [0.1, 0.15) is 17.3 Å². The molecule has 6 nitrogen and oxygen atoms in total. The third kappa shape index (κ3) is 3.40. The molecule has 2 N–H and O–H groups in total. The summed E-state index contributed by atoms with van der Waals surface area (Å²) in [6, 6.07) is 5.03. The van der Waals surface area contributed by atoms with E-state index >= 15 is 0 Å². The van der Waals surface area contributed by atoms with Crippen molar-refractivity contribution in [3.63, 3.8) is 0 Å². The predicted octanol–water partition coefficient (Wildman–Crippen LogP) is 0.970. The van der Waals surface area contributed by atoms with Crippen molar-refractivity contribution in [2.24, 2.45) is 0 Å². The van der Waals surface area contributed by atoms with Crippen LogP contribution in [0.5, 0.6) is 0 Å². The zero-order valence-corrected chi connectivity index (χ0v) is 12.3. The van der Waals surface area contributed by atoms with Gasteiger partial charge in [0.25, 0.3) is 0 Å². The van der Waals surface area contributed by atoms with E-state index in [0.29, 0.717) is 23.5 Å². The summed E-state index contributed by atoms with van der Waals surface area (Å²) in [5, 5.41) is 0. The van der Waals surface area contributed by atoms with E-state index in [1.165, 1.54) is 12.0 Å². The molecule has 6 heteroatoms. The van der Waals surface area contributed by atoms with Crippen molar-refractivity contribution in [1.82, 2.24) is 4.90 Å². The Hall–Kier alpha value is -2.24. The quantitative estimate of drug-likeness (QED) is 0.642. The Morgan fingerprint density at radius 1 is 1.30 bits per heavy atom. The average Bonchev–Trinajstić information content (AvgIpc) is 2.43. The molecule has 0 saturated heterocycles. The lowest BCUT2D eigenvalue weighted by Crippen LogP contribution is -2.37. The second-order valence-electron chi connectivity index (χ2n) is 4.54. The Kier molecular flexibility index (Phi) is 5.37. The Morgan fingerprint density at radius 2 is 1.95 bits per heavy atom. The summed E-state index contributed by atoms with van der Waals surface area (Å²) in [6.45, 7) is 2.61. The smallest absolute Gasteiger partial charge is 0.340 e. The number of benzene rings is 1. The highest BCUT2D eigenvalue weighted by Crippen LogP contribution is 2.28. The van der Waals surface area contributed by atoms with E-state index in [2.05, 4.69) is 0 Å². The van der Waals surface area contributed by atoms with Gasteiger partial charge in [-0.15, -0.1) is 0 Å². The first kappa shape index (κ1) is 15.8. The van der Waals surface area contributed by atoms with Crippen LogP contribution in [0.25, 0.3) is 0 Å². The van der Waals surface area contributed by atoms with Crippen molar-refractivity contribution in [2.45, 2.75) is 6.92 Å². The highest BCUT2D eigenvalue weighted by atomic mass is 16.5. The molecule has 0 spiro atoms. The second kappa shape index (κ2) is 6.79. The number of nitrogens with zero attached hydrogens (tertiary/aromatic N) is 2. The molecule has 0 aliphatic rings. The molecule has 0 aliphatic carbocycles. The van der Waals surface area contributed by atoms with Gasteiger partial charge in [0.1, 0.15) is 0 Å². The van der Waals surface area contributed by atoms with Crippen molar-refractivity contribution in [2.75, 3.05) is 44.9 Å². The molecular formula is C14H21N3O3. The first-order valence-electron chi connectivity index (χ1n) is 6.34. The first-order valence-corrected chi connectivity index (χ1v) is 6.34. The number of carbonyl (C=O) groups is 2. The number of hydrogen-bond acceptors (Lipinski definition) is 5. The van der Waals surface area contributed by atoms with Gasteiger partial charge in [-0.05, 0) is 19.1 Å². The Morgan fingerprint density at radius 3 is 2.45 bits per heavy atom. The Labute approximate surface area is 119 Å². The number of esters is 1. The van der Waals surface area contributed by atoms with Gasteiger partial charge in [-0.1, -0.05) is 6.07 Å². The van der Waals surface area contributed by atoms with Gasteiger partial charge in [-0.3, -0.25) is 4.79 Å². The van der Waals surface area contributed by atoms with Crippen molar-refractivity contribution in [3.8, 4) is 0 Å². The largest absolute Gasteiger partial charge is 0.465 e. The number of para-hydroxylation sites is 1. The van der Waals surface area contributed by atoms with Crippen molar-refractivity contribution in [1.29, 1.82) is 0 Å². The average molecular weight is 279 g/mol. The summed E-state index contributed by atoms with van der Waals surface area (Å²) in [5.41, 5.74) is 7.31. The standard InChI is InChI=1S/C14H21N3O3/c1-5-17(9-12(18)16(2)3)13-10(14(19)20-4)7-6-8-11(13)15/h6-8H,5,9,15H2,1-4H3. The maximum absolute atomic E-state index is 11.9. The van der Waals surface area contributed by atoms with Crippen LogP contribution < -0.4 is 10.6 Å². The van der Waals surface area contributed by atoms with Crippen LogP contribution in [0, 0.1) is 0 Å². The molecule has 0 aliphatic heterocycles. The van der Waals surface area contributed by atoms with Gasteiger partial charge in [-0.2, -0.15) is 0 Å². The zero-order chi connectivity index (χ0) is 15.3. The van der Waals surface area contributed by atoms with Gasteiger partial charge in [0.05, 0.1) is 30.6 Å². The Bertz CT molecular complexity index is 500. The fourth-order valence-corrected chi connectivity index (χ4v) is 1.84. The van der Waals surface area contributed by atoms with E-state index in [9.17, 15) is 9.59 Å². The zero-order valence-electron chi connectivity index (χ0n) is 12.3. The molecule has 1 rings (SSSR count). The third-order valence-electron chi connectivity index (χ3n) is 3.00. The van der Waals surface area contributed by atoms with Crippen LogP contribution in [0.4, 0.5) is 11.4 Å². The predicted molar refractivity (Wildman–Crippen MR) is 78.8 cm³/mol. The number of nitrogens with two attached hydrogens (primary N) is 1. The molecule has 0 atom stereocenters. The molecule has 0 radical (unpaired) electrons. The third-order valence-corrected chi connectivity index (χ3v) is 3.00. The molecular weight excluding hydrogens is 258 g/mol. The molecule has 0 unspecified atom stereocenters. The number of anilines is 2. The minimum Gasteiger partial charge on any atom is -0.465 e. The van der Waals surface area contributed by atoms with Crippen molar-refractivity contribution >= 4 is 23.3 Å². The summed E-state index contributed by atoms with van der Waals surface area (Å²) >= 11 is 0. The van der Waals surface area contributed by atoms with E-state index in [1.807, 2.05) is 6.92 Å². The number of likely N-dealkylation sites (N-methyl/N-ethyl adjacent to an activating group) is 2. The van der Waals surface area contributed by atoms with E-state index in [4.69, 9.17) is 10.5 Å². The SMILES string of the molecule is CCN(CC(=O)N(C)C)c1c(N)cccc1C(=O)OC. The summed E-state index contributed by atoms with van der Waals surface area (Å²) in [5.74, 6) is -0.533. The molecule has 110 valence electrons. The van der Waals surface area contributed by atoms with Gasteiger partial charge >= 0.3 is 5.97 Å². The topological polar surface area (TPSA) is 75.9 Å². The van der Waals surface area contributed by atoms with Gasteiger partial charge in [0, 0.05) is 20.6 Å². The van der Waals surface area contributed by atoms with Gasteiger partial charge in [-0.25, -0.2) is 4.79 Å². The number of carbonyl (C=O) groups excluding carboxylic acids is 2. The fraction of sp³-hybridized carbons (Fsp3) is 0.429. The highest BCUT2D eigenvalue weighted by Gasteiger charge is 2.21. The molecule has 1 aromatic rings. The van der Waals surface area contributed by atoms with Crippen LogP contribution in [0.15, 0.2) is 18.2 Å². The van der Waals surface area contributed by atoms with Gasteiger partial charge in [0.2, 0.25) is 5.91 Å². The lowest BCUT2D eigenvalue weighted by Gasteiger charge is -2.27. The molecule has 0 heterocycles. The lowest BCUT2D eigenvalue weighted by atomic mass is 10.1. The number of rotatable bonds is 5. The summed E-state index contributed by atoms with van der Waals surface area (Å²) < 4.78 is 4.76. The number of ether oxygens (including phenoxy) is 1. The molecule has 1 amide bonds. The minimum absolute atomic E-state index is 0.0640. The van der Waals surface area contributed by atoms with E-state index in [0.717, 1.165) is 0 Å². The minimum atomic E-state index is -0.469. The first-order chi connectivity index (χ1) is 9.42. The number of nitrogen functional groups attached to an aromatic ring is 1. The summed E-state index contributed by atoms with van der Waals surface area (Å²) in [6.07, 6.45) is 0. The maximum atomic E-state index is 11.9. The summed E-state index contributed by atoms with van der Waals surface area (Å²) in [7, 11) is 4.69. The molecule has 0 saturated carbocycles. The van der Waals surface area contributed by atoms with Crippen LogP contribution in [0.2, 0.25) is 0 Å². The van der Waals surface area contributed by atoms with Gasteiger partial charge < -0.3 is 20.3 Å². The molecule has 0 aromatic heterocycles. The fourth-order valence-electron chi connectivity index (χ4n) is 1.84. The Balaban J connectivity index is 3.20. The van der Waals surface area contributed by atoms with Crippen LogP contribution >= 0.6 is 0 Å². The molecule has 0 bridgehead atoms. The van der Waals surface area contributed by atoms with E-state index in [1.54, 1.807) is 37.2 Å². The number of methoxy groups -OCH3 is 1. The highest BCUT2D eigenvalue weighted by molar-refractivity contribution is 6.00. The normalized spacial score (nSPS) is 10.0. The van der Waals surface area contributed by atoms with Gasteiger partial charge in [0.15, 0.2) is 0 Å². The van der Waals surface area contributed by atoms with Crippen molar-refractivity contribution < 1.29 is 14.3 Å². The molecule has 20 heavy (non-hydrogen) atoms. The number of hydrogen-bond donors (Lipinski definition) is 1. The number of amides is 1. The molecule has 1 aromatic carbocycles. The van der Waals surface area contributed by atoms with Crippen molar-refractivity contribution in [3.05, 3.63) is 23.8 Å². The second-order valence-corrected chi connectivity index (χ2v) is 4.54. The summed E-state index contributed by atoms with van der Waals surface area (Å²) in [4.78, 5) is 27.0. The van der Waals surface area contributed by atoms with Crippen LogP contribution in [0.3, 0.4) is 0 Å². The van der Waals surface area contributed by atoms with E-state index in [-0.39, 0.29) is 12.5 Å². The van der Waals surface area contributed by atoms with Crippen LogP contribution in [-0.4, -0.2) is 51.1 Å². The molecule has 0 fully saturated rings. The van der Waals surface area contributed by atoms with Crippen LogP contribution in [-0.2, 0) is 9.53 Å². The lowest BCUT2D eigenvalue weighted by molar-refractivity contribution is -0.127. The maximum Gasteiger partial charge on any atom is 0.340 e. The van der Waals surface area contributed by atoms with E-state index < -0.39 is 5.97 Å². The monoisotopic (exact) mass is 279 g/mol.